The first-order valence-corrected chi connectivity index (χ1v) is 8.72. The Labute approximate surface area is 127 Å². The third-order valence-corrected chi connectivity index (χ3v) is 5.17. The fraction of sp³-hybridized carbons (Fsp3) is 0.312. The van der Waals surface area contributed by atoms with Crippen molar-refractivity contribution in [3.8, 4) is 0 Å². The monoisotopic (exact) mass is 302 g/mol. The van der Waals surface area contributed by atoms with E-state index in [0.717, 1.165) is 19.4 Å². The minimum Gasteiger partial charge on any atom is -0.310 e. The van der Waals surface area contributed by atoms with Crippen molar-refractivity contribution >= 4 is 32.8 Å². The molecule has 0 aliphatic rings. The molecule has 0 aliphatic carbocycles. The first-order chi connectivity index (χ1) is 9.88. The van der Waals surface area contributed by atoms with E-state index < -0.39 is 0 Å². The number of hydrogen-bond acceptors (Lipinski definition) is 4. The first kappa shape index (κ1) is 13.7. The van der Waals surface area contributed by atoms with Crippen molar-refractivity contribution in [1.82, 2.24) is 10.3 Å². The highest BCUT2D eigenvalue weighted by Gasteiger charge is 2.16. The number of hydrogen-bond donors (Lipinski definition) is 1. The predicted molar refractivity (Wildman–Crippen MR) is 88.7 cm³/mol. The van der Waals surface area contributed by atoms with Gasteiger partial charge in [-0.1, -0.05) is 25.1 Å². The molecule has 0 aliphatic heterocycles. The fourth-order valence-corrected chi connectivity index (χ4v) is 4.09. The molecule has 1 N–H and O–H groups in total. The normalized spacial score (nSPS) is 12.8. The summed E-state index contributed by atoms with van der Waals surface area (Å²) in [6.07, 6.45) is 4.01. The lowest BCUT2D eigenvalue weighted by Crippen LogP contribution is -2.23. The molecule has 20 heavy (non-hydrogen) atoms. The van der Waals surface area contributed by atoms with Gasteiger partial charge in [0.05, 0.1) is 5.01 Å². The number of benzene rings is 1. The van der Waals surface area contributed by atoms with Crippen molar-refractivity contribution in [3.05, 3.63) is 51.8 Å². The maximum Gasteiger partial charge on any atom is 0.0943 e. The minimum absolute atomic E-state index is 0.359. The number of thiazole rings is 1. The highest BCUT2D eigenvalue weighted by molar-refractivity contribution is 7.17. The summed E-state index contributed by atoms with van der Waals surface area (Å²) in [5, 5.41) is 10.6. The Kier molecular flexibility index (Phi) is 4.45. The van der Waals surface area contributed by atoms with Crippen LogP contribution in [0.2, 0.25) is 0 Å². The zero-order valence-electron chi connectivity index (χ0n) is 11.5. The number of aromatic nitrogens is 1. The van der Waals surface area contributed by atoms with Crippen LogP contribution in [-0.4, -0.2) is 11.5 Å². The van der Waals surface area contributed by atoms with E-state index in [9.17, 15) is 0 Å². The van der Waals surface area contributed by atoms with Crippen molar-refractivity contribution in [2.75, 3.05) is 6.54 Å². The van der Waals surface area contributed by atoms with E-state index in [4.69, 9.17) is 0 Å². The molecule has 2 nitrogen and oxygen atoms in total. The molecule has 3 aromatic rings. The van der Waals surface area contributed by atoms with E-state index in [1.165, 1.54) is 20.7 Å². The van der Waals surface area contributed by atoms with E-state index in [-0.39, 0.29) is 0 Å². The Bertz CT molecular complexity index is 658. The second-order valence-corrected chi connectivity index (χ2v) is 6.71. The van der Waals surface area contributed by atoms with Gasteiger partial charge in [-0.25, -0.2) is 4.98 Å². The van der Waals surface area contributed by atoms with Gasteiger partial charge in [0.2, 0.25) is 0 Å². The summed E-state index contributed by atoms with van der Waals surface area (Å²) >= 11 is 3.57. The van der Waals surface area contributed by atoms with Crippen LogP contribution in [0.25, 0.3) is 10.1 Å². The zero-order valence-corrected chi connectivity index (χ0v) is 13.1. The van der Waals surface area contributed by atoms with E-state index in [0.29, 0.717) is 6.04 Å². The minimum atomic E-state index is 0.359. The maximum atomic E-state index is 4.44. The van der Waals surface area contributed by atoms with Gasteiger partial charge in [-0.15, -0.1) is 22.7 Å². The molecule has 104 valence electrons. The molecular formula is C16H18N2S2. The third-order valence-electron chi connectivity index (χ3n) is 3.39. The van der Waals surface area contributed by atoms with Gasteiger partial charge in [0.1, 0.15) is 0 Å². The topological polar surface area (TPSA) is 24.9 Å². The molecule has 1 unspecified atom stereocenters. The Morgan fingerprint density at radius 2 is 2.15 bits per heavy atom. The number of nitrogens with zero attached hydrogens (tertiary/aromatic N) is 1. The number of thiophene rings is 1. The fourth-order valence-electron chi connectivity index (χ4n) is 2.41. The van der Waals surface area contributed by atoms with Gasteiger partial charge in [-0.2, -0.15) is 0 Å². The molecule has 0 saturated heterocycles. The predicted octanol–water partition coefficient (Wildman–Crippen LogP) is 4.64. The van der Waals surface area contributed by atoms with Crippen LogP contribution < -0.4 is 5.32 Å². The van der Waals surface area contributed by atoms with E-state index >= 15 is 0 Å². The quantitative estimate of drug-likeness (QED) is 0.717. The van der Waals surface area contributed by atoms with Crippen molar-refractivity contribution in [1.29, 1.82) is 0 Å². The van der Waals surface area contributed by atoms with Crippen LogP contribution in [0, 0.1) is 0 Å². The molecule has 1 aromatic carbocycles. The molecule has 2 aromatic heterocycles. The maximum absolute atomic E-state index is 4.44. The van der Waals surface area contributed by atoms with Gasteiger partial charge >= 0.3 is 0 Å². The van der Waals surface area contributed by atoms with Crippen LogP contribution in [0.4, 0.5) is 0 Å². The molecule has 1 atom stereocenters. The molecule has 0 saturated carbocycles. The molecule has 0 amide bonds. The Morgan fingerprint density at radius 1 is 1.25 bits per heavy atom. The van der Waals surface area contributed by atoms with Crippen LogP contribution in [0.1, 0.15) is 30.0 Å². The summed E-state index contributed by atoms with van der Waals surface area (Å²) in [5.74, 6) is 0. The van der Waals surface area contributed by atoms with E-state index in [1.54, 1.807) is 11.3 Å². The molecule has 0 radical (unpaired) electrons. The zero-order chi connectivity index (χ0) is 13.8. The average Bonchev–Trinajstić information content (AvgIpc) is 3.12. The van der Waals surface area contributed by atoms with Crippen molar-refractivity contribution < 1.29 is 0 Å². The van der Waals surface area contributed by atoms with Gasteiger partial charge in [0.15, 0.2) is 0 Å². The van der Waals surface area contributed by atoms with Crippen LogP contribution in [0.15, 0.2) is 41.2 Å². The van der Waals surface area contributed by atoms with Gasteiger partial charge in [0.25, 0.3) is 0 Å². The van der Waals surface area contributed by atoms with Gasteiger partial charge in [-0.05, 0) is 35.4 Å². The number of rotatable bonds is 6. The smallest absolute Gasteiger partial charge is 0.0943 e. The first-order valence-electron chi connectivity index (χ1n) is 6.96. The highest BCUT2D eigenvalue weighted by atomic mass is 32.1. The van der Waals surface area contributed by atoms with Crippen molar-refractivity contribution in [2.24, 2.45) is 0 Å². The highest BCUT2D eigenvalue weighted by Crippen LogP contribution is 2.32. The number of nitrogens with one attached hydrogen (secondary N) is 1. The Hall–Kier alpha value is -1.23. The molecular weight excluding hydrogens is 284 g/mol. The standard InChI is InChI=1S/C16H18N2S2/c1-2-7-17-14(10-16-18-8-9-19-16)13-11-20-15-6-4-3-5-12(13)15/h3-6,8-9,11,14,17H,2,7,10H2,1H3. The summed E-state index contributed by atoms with van der Waals surface area (Å²) < 4.78 is 1.37. The Morgan fingerprint density at radius 3 is 2.95 bits per heavy atom. The summed E-state index contributed by atoms with van der Waals surface area (Å²) in [6.45, 7) is 3.25. The van der Waals surface area contributed by atoms with E-state index in [2.05, 4.69) is 52.3 Å². The van der Waals surface area contributed by atoms with Gasteiger partial charge in [-0.3, -0.25) is 0 Å². The summed E-state index contributed by atoms with van der Waals surface area (Å²) in [7, 11) is 0. The summed E-state index contributed by atoms with van der Waals surface area (Å²) in [4.78, 5) is 4.44. The molecule has 4 heteroatoms. The SMILES string of the molecule is CCCNC(Cc1nccs1)c1csc2ccccc12. The number of fused-ring (bicyclic) bond motifs is 1. The van der Waals surface area contributed by atoms with Gasteiger partial charge in [0, 0.05) is 28.7 Å². The van der Waals surface area contributed by atoms with Crippen LogP contribution in [0.3, 0.4) is 0 Å². The van der Waals surface area contributed by atoms with E-state index in [1.807, 2.05) is 17.5 Å². The van der Waals surface area contributed by atoms with Crippen LogP contribution in [-0.2, 0) is 6.42 Å². The summed E-state index contributed by atoms with van der Waals surface area (Å²) in [6, 6.07) is 9.02. The second-order valence-electron chi connectivity index (χ2n) is 4.82. The average molecular weight is 302 g/mol. The van der Waals surface area contributed by atoms with Gasteiger partial charge < -0.3 is 5.32 Å². The largest absolute Gasteiger partial charge is 0.310 e. The lowest BCUT2D eigenvalue weighted by Gasteiger charge is -2.17. The lowest BCUT2D eigenvalue weighted by atomic mass is 10.0. The second kappa shape index (κ2) is 6.48. The molecule has 3 rings (SSSR count). The summed E-state index contributed by atoms with van der Waals surface area (Å²) in [5.41, 5.74) is 1.41. The lowest BCUT2D eigenvalue weighted by molar-refractivity contribution is 0.532. The van der Waals surface area contributed by atoms with Crippen molar-refractivity contribution in [3.63, 3.8) is 0 Å². The van der Waals surface area contributed by atoms with Crippen LogP contribution >= 0.6 is 22.7 Å². The van der Waals surface area contributed by atoms with Crippen molar-refractivity contribution in [2.45, 2.75) is 25.8 Å². The molecule has 2 heterocycles. The third kappa shape index (κ3) is 2.92. The van der Waals surface area contributed by atoms with Crippen LogP contribution in [0.5, 0.6) is 0 Å². The Balaban J connectivity index is 1.91. The molecule has 0 fully saturated rings. The molecule has 0 spiro atoms. The molecule has 0 bridgehead atoms.